The third kappa shape index (κ3) is 38.9. The molecule has 0 aliphatic heterocycles. The predicted octanol–water partition coefficient (Wildman–Crippen LogP) is 13.8. The minimum absolute atomic E-state index is 0.316. The molecule has 0 bridgehead atoms. The average Bonchev–Trinajstić information content (AvgIpc) is 3.16. The number of rotatable bonds is 43. The standard InChI is InChI=1S/C48H93NO4/c1-3-5-7-9-11-13-15-17-19-21-22-23-24-25-27-29-31-33-35-37-39-41-43-47(52)48(53)49-45(44-50)46(51)42-40-38-36-34-32-30-28-26-20-18-16-14-12-10-8-6-4-2/h22-23,25,27,45-47,50-52H,3-21,24,26,28-44H2,1-2H3,(H,49,53)/b23-22-,27-25-. The van der Waals surface area contributed by atoms with Gasteiger partial charge in [-0.25, -0.2) is 0 Å². The van der Waals surface area contributed by atoms with Gasteiger partial charge in [-0.2, -0.15) is 0 Å². The van der Waals surface area contributed by atoms with E-state index in [9.17, 15) is 20.1 Å². The second kappa shape index (κ2) is 43.6. The van der Waals surface area contributed by atoms with E-state index in [1.165, 1.54) is 180 Å². The van der Waals surface area contributed by atoms with Crippen LogP contribution in [0.25, 0.3) is 0 Å². The maximum absolute atomic E-state index is 12.5. The van der Waals surface area contributed by atoms with Crippen LogP contribution in [0, 0.1) is 0 Å². The highest BCUT2D eigenvalue weighted by atomic mass is 16.3. The van der Waals surface area contributed by atoms with Crippen LogP contribution >= 0.6 is 0 Å². The zero-order valence-electron chi connectivity index (χ0n) is 35.7. The van der Waals surface area contributed by atoms with Crippen molar-refractivity contribution in [3.05, 3.63) is 24.3 Å². The predicted molar refractivity (Wildman–Crippen MR) is 231 cm³/mol. The summed E-state index contributed by atoms with van der Waals surface area (Å²) >= 11 is 0. The number of allylic oxidation sites excluding steroid dienone is 4. The molecule has 0 aliphatic rings. The summed E-state index contributed by atoms with van der Waals surface area (Å²) in [7, 11) is 0. The number of aliphatic hydroxyl groups is 3. The van der Waals surface area contributed by atoms with E-state index < -0.39 is 24.2 Å². The monoisotopic (exact) mass is 748 g/mol. The van der Waals surface area contributed by atoms with Crippen molar-refractivity contribution in [3.8, 4) is 0 Å². The number of amides is 1. The molecule has 5 heteroatoms. The van der Waals surface area contributed by atoms with Crippen molar-refractivity contribution < 1.29 is 20.1 Å². The van der Waals surface area contributed by atoms with Crippen LogP contribution in [0.2, 0.25) is 0 Å². The van der Waals surface area contributed by atoms with Crippen LogP contribution in [-0.4, -0.2) is 46.1 Å². The van der Waals surface area contributed by atoms with Crippen molar-refractivity contribution in [2.45, 2.75) is 270 Å². The van der Waals surface area contributed by atoms with E-state index in [1.807, 2.05) is 0 Å². The molecule has 4 N–H and O–H groups in total. The highest BCUT2D eigenvalue weighted by Crippen LogP contribution is 2.16. The third-order valence-corrected chi connectivity index (χ3v) is 11.1. The first-order valence-corrected chi connectivity index (χ1v) is 23.6. The van der Waals surface area contributed by atoms with Gasteiger partial charge in [-0.3, -0.25) is 4.79 Å². The van der Waals surface area contributed by atoms with Crippen LogP contribution in [0.15, 0.2) is 24.3 Å². The van der Waals surface area contributed by atoms with E-state index in [1.54, 1.807) is 0 Å². The zero-order chi connectivity index (χ0) is 38.7. The molecule has 53 heavy (non-hydrogen) atoms. The summed E-state index contributed by atoms with van der Waals surface area (Å²) in [5.41, 5.74) is 0. The van der Waals surface area contributed by atoms with Gasteiger partial charge in [0.05, 0.1) is 18.8 Å². The Balaban J connectivity index is 3.62. The first-order chi connectivity index (χ1) is 26.1. The van der Waals surface area contributed by atoms with Gasteiger partial charge in [-0.1, -0.05) is 231 Å². The van der Waals surface area contributed by atoms with Crippen molar-refractivity contribution in [2.24, 2.45) is 0 Å². The Morgan fingerprint density at radius 1 is 0.453 bits per heavy atom. The maximum Gasteiger partial charge on any atom is 0.249 e. The smallest absolute Gasteiger partial charge is 0.249 e. The van der Waals surface area contributed by atoms with E-state index >= 15 is 0 Å². The van der Waals surface area contributed by atoms with Crippen molar-refractivity contribution in [3.63, 3.8) is 0 Å². The number of unbranched alkanes of at least 4 members (excludes halogenated alkanes) is 31. The van der Waals surface area contributed by atoms with Gasteiger partial charge in [0, 0.05) is 0 Å². The number of nitrogens with one attached hydrogen (secondary N) is 1. The molecule has 1 amide bonds. The lowest BCUT2D eigenvalue weighted by Gasteiger charge is -2.23. The van der Waals surface area contributed by atoms with Gasteiger partial charge in [0.1, 0.15) is 6.10 Å². The molecule has 3 atom stereocenters. The Morgan fingerprint density at radius 3 is 1.13 bits per heavy atom. The SMILES string of the molecule is CCCCCCCCCCC/C=C\C/C=C\CCCCCCCCC(O)C(=O)NC(CO)C(O)CCCCCCCCCCCCCCCCCCC. The number of carbonyl (C=O) groups excluding carboxylic acids is 1. The fourth-order valence-corrected chi connectivity index (χ4v) is 7.34. The first-order valence-electron chi connectivity index (χ1n) is 23.6. The van der Waals surface area contributed by atoms with Crippen LogP contribution in [0.5, 0.6) is 0 Å². The maximum atomic E-state index is 12.5. The lowest BCUT2D eigenvalue weighted by Crippen LogP contribution is -2.49. The summed E-state index contributed by atoms with van der Waals surface area (Å²) in [4.78, 5) is 12.5. The van der Waals surface area contributed by atoms with E-state index in [0.29, 0.717) is 12.8 Å². The average molecular weight is 748 g/mol. The lowest BCUT2D eigenvalue weighted by molar-refractivity contribution is -0.131. The number of carbonyl (C=O) groups is 1. The summed E-state index contributed by atoms with van der Waals surface area (Å²) in [6, 6.07) is -0.715. The second-order valence-electron chi connectivity index (χ2n) is 16.3. The van der Waals surface area contributed by atoms with E-state index in [4.69, 9.17) is 0 Å². The first kappa shape index (κ1) is 51.8. The molecule has 3 unspecified atom stereocenters. The minimum Gasteiger partial charge on any atom is -0.394 e. The van der Waals surface area contributed by atoms with Crippen molar-refractivity contribution in [1.29, 1.82) is 0 Å². The summed E-state index contributed by atoms with van der Waals surface area (Å²) < 4.78 is 0. The molecule has 0 saturated heterocycles. The molecular weight excluding hydrogens is 655 g/mol. The Kier molecular flexibility index (Phi) is 42.6. The van der Waals surface area contributed by atoms with Gasteiger partial charge in [0.15, 0.2) is 0 Å². The zero-order valence-corrected chi connectivity index (χ0v) is 35.7. The molecule has 0 heterocycles. The normalized spacial score (nSPS) is 13.7. The Morgan fingerprint density at radius 2 is 0.774 bits per heavy atom. The Hall–Kier alpha value is -1.17. The molecule has 0 fully saturated rings. The van der Waals surface area contributed by atoms with Crippen molar-refractivity contribution in [1.82, 2.24) is 5.32 Å². The molecule has 0 radical (unpaired) electrons. The van der Waals surface area contributed by atoms with Gasteiger partial charge in [0.25, 0.3) is 0 Å². The number of hydrogen-bond donors (Lipinski definition) is 4. The molecule has 0 aliphatic carbocycles. The highest BCUT2D eigenvalue weighted by molar-refractivity contribution is 5.80. The fourth-order valence-electron chi connectivity index (χ4n) is 7.34. The van der Waals surface area contributed by atoms with Gasteiger partial charge in [0.2, 0.25) is 5.91 Å². The molecule has 0 aromatic carbocycles. The molecule has 0 aromatic rings. The van der Waals surface area contributed by atoms with Gasteiger partial charge in [-0.05, 0) is 44.9 Å². The van der Waals surface area contributed by atoms with E-state index in [-0.39, 0.29) is 6.61 Å². The number of hydrogen-bond acceptors (Lipinski definition) is 4. The summed E-state index contributed by atoms with van der Waals surface area (Å²) in [6.45, 7) is 4.24. The van der Waals surface area contributed by atoms with Gasteiger partial charge >= 0.3 is 0 Å². The van der Waals surface area contributed by atoms with Crippen LogP contribution in [0.1, 0.15) is 251 Å². The van der Waals surface area contributed by atoms with Crippen molar-refractivity contribution >= 4 is 5.91 Å². The summed E-state index contributed by atoms with van der Waals surface area (Å²) in [5, 5.41) is 33.4. The largest absolute Gasteiger partial charge is 0.394 e. The topological polar surface area (TPSA) is 89.8 Å². The summed E-state index contributed by atoms with van der Waals surface area (Å²) in [6.07, 6.45) is 53.2. The quantitative estimate of drug-likeness (QED) is 0.0369. The van der Waals surface area contributed by atoms with Crippen LogP contribution in [0.4, 0.5) is 0 Å². The van der Waals surface area contributed by atoms with Crippen LogP contribution in [-0.2, 0) is 4.79 Å². The molecule has 0 aromatic heterocycles. The minimum atomic E-state index is -1.08. The molecule has 0 saturated carbocycles. The third-order valence-electron chi connectivity index (χ3n) is 11.1. The Bertz CT molecular complexity index is 784. The van der Waals surface area contributed by atoms with Crippen LogP contribution in [0.3, 0.4) is 0 Å². The Labute approximate surface area is 331 Å². The molecule has 0 spiro atoms. The molecule has 314 valence electrons. The fraction of sp³-hybridized carbons (Fsp3) is 0.896. The van der Waals surface area contributed by atoms with Crippen molar-refractivity contribution in [2.75, 3.05) is 6.61 Å². The molecule has 5 nitrogen and oxygen atoms in total. The second-order valence-corrected chi connectivity index (χ2v) is 16.3. The summed E-state index contributed by atoms with van der Waals surface area (Å²) in [5.74, 6) is -0.476. The molecule has 0 rings (SSSR count). The lowest BCUT2D eigenvalue weighted by atomic mass is 10.0. The van der Waals surface area contributed by atoms with Gasteiger partial charge in [-0.15, -0.1) is 0 Å². The highest BCUT2D eigenvalue weighted by Gasteiger charge is 2.23. The van der Waals surface area contributed by atoms with Gasteiger partial charge < -0.3 is 20.6 Å². The number of aliphatic hydroxyl groups excluding tert-OH is 3. The van der Waals surface area contributed by atoms with Crippen LogP contribution < -0.4 is 5.32 Å². The van der Waals surface area contributed by atoms with E-state index in [0.717, 1.165) is 44.9 Å². The van der Waals surface area contributed by atoms with E-state index in [2.05, 4.69) is 43.5 Å². The molecular formula is C48H93NO4.